The molecular formula is C20H21N5OS. The van der Waals surface area contributed by atoms with Crippen LogP contribution in [0.4, 0.5) is 23.1 Å². The molecule has 6 nitrogen and oxygen atoms in total. The van der Waals surface area contributed by atoms with E-state index in [1.807, 2.05) is 55.6 Å². The minimum absolute atomic E-state index is 0.156. The third kappa shape index (κ3) is 4.38. The molecule has 2 aromatic carbocycles. The van der Waals surface area contributed by atoms with Gasteiger partial charge in [0, 0.05) is 23.7 Å². The van der Waals surface area contributed by atoms with E-state index in [2.05, 4.69) is 25.9 Å². The molecule has 0 radical (unpaired) electrons. The molecule has 0 unspecified atom stereocenters. The number of aryl methyl sites for hydroxylation is 1. The SMILES string of the molecule is CNC(=O)c1ccccc1Nc1nc(Nc2ccccc2SC)ncc1C. The quantitative estimate of drug-likeness (QED) is 0.553. The molecular weight excluding hydrogens is 358 g/mol. The van der Waals surface area contributed by atoms with Crippen molar-refractivity contribution in [2.24, 2.45) is 0 Å². The Morgan fingerprint density at radius 2 is 1.70 bits per heavy atom. The summed E-state index contributed by atoms with van der Waals surface area (Å²) in [5.41, 5.74) is 3.07. The molecule has 0 spiro atoms. The van der Waals surface area contributed by atoms with Gasteiger partial charge < -0.3 is 16.0 Å². The molecule has 0 saturated heterocycles. The molecule has 3 rings (SSSR count). The monoisotopic (exact) mass is 379 g/mol. The summed E-state index contributed by atoms with van der Waals surface area (Å²) in [4.78, 5) is 22.2. The number of rotatable bonds is 6. The zero-order valence-electron chi connectivity index (χ0n) is 15.4. The number of hydrogen-bond donors (Lipinski definition) is 3. The number of anilines is 4. The largest absolute Gasteiger partial charge is 0.355 e. The van der Waals surface area contributed by atoms with E-state index in [1.165, 1.54) is 0 Å². The summed E-state index contributed by atoms with van der Waals surface area (Å²) >= 11 is 1.65. The van der Waals surface area contributed by atoms with Gasteiger partial charge in [0.25, 0.3) is 5.91 Å². The fraction of sp³-hybridized carbons (Fsp3) is 0.150. The Bertz CT molecular complexity index is 961. The van der Waals surface area contributed by atoms with Gasteiger partial charge in [0.05, 0.1) is 16.9 Å². The zero-order chi connectivity index (χ0) is 19.2. The Morgan fingerprint density at radius 1 is 1.00 bits per heavy atom. The summed E-state index contributed by atoms with van der Waals surface area (Å²) < 4.78 is 0. The molecule has 0 saturated carbocycles. The molecule has 0 fully saturated rings. The van der Waals surface area contributed by atoms with Crippen LogP contribution in [0.15, 0.2) is 59.6 Å². The fourth-order valence-corrected chi connectivity index (χ4v) is 3.10. The third-order valence-corrected chi connectivity index (χ3v) is 4.77. The Morgan fingerprint density at radius 3 is 2.44 bits per heavy atom. The van der Waals surface area contributed by atoms with Crippen LogP contribution in [0.1, 0.15) is 15.9 Å². The summed E-state index contributed by atoms with van der Waals surface area (Å²) in [5.74, 6) is 0.976. The molecule has 3 N–H and O–H groups in total. The first-order chi connectivity index (χ1) is 13.1. The van der Waals surface area contributed by atoms with Crippen LogP contribution < -0.4 is 16.0 Å². The highest BCUT2D eigenvalue weighted by atomic mass is 32.2. The molecule has 1 heterocycles. The maximum Gasteiger partial charge on any atom is 0.253 e. The second-order valence-corrected chi connectivity index (χ2v) is 6.65. The summed E-state index contributed by atoms with van der Waals surface area (Å²) in [6, 6.07) is 15.3. The summed E-state index contributed by atoms with van der Waals surface area (Å²) in [6.07, 6.45) is 3.78. The van der Waals surface area contributed by atoms with Crippen LogP contribution in [-0.4, -0.2) is 29.2 Å². The van der Waals surface area contributed by atoms with E-state index in [1.54, 1.807) is 31.1 Å². The van der Waals surface area contributed by atoms with Crippen LogP contribution in [-0.2, 0) is 0 Å². The Hall–Kier alpha value is -3.06. The number of amides is 1. The number of carbonyl (C=O) groups excluding carboxylic acids is 1. The van der Waals surface area contributed by atoms with Gasteiger partial charge in [0.15, 0.2) is 0 Å². The molecule has 7 heteroatoms. The number of nitrogens with zero attached hydrogens (tertiary/aromatic N) is 2. The normalized spacial score (nSPS) is 10.3. The first kappa shape index (κ1) is 18.7. The molecule has 138 valence electrons. The molecule has 0 bridgehead atoms. The van der Waals surface area contributed by atoms with E-state index >= 15 is 0 Å². The van der Waals surface area contributed by atoms with Gasteiger partial charge in [-0.25, -0.2) is 4.98 Å². The highest BCUT2D eigenvalue weighted by Gasteiger charge is 2.12. The van der Waals surface area contributed by atoms with Crippen molar-refractivity contribution in [3.8, 4) is 0 Å². The molecule has 1 aromatic heterocycles. The maximum absolute atomic E-state index is 12.1. The summed E-state index contributed by atoms with van der Waals surface area (Å²) in [6.45, 7) is 1.92. The highest BCUT2D eigenvalue weighted by molar-refractivity contribution is 7.98. The Kier molecular flexibility index (Phi) is 5.93. The van der Waals surface area contributed by atoms with Gasteiger partial charge in [0.2, 0.25) is 5.95 Å². The minimum atomic E-state index is -0.156. The lowest BCUT2D eigenvalue weighted by Gasteiger charge is -2.14. The first-order valence-corrected chi connectivity index (χ1v) is 9.66. The van der Waals surface area contributed by atoms with E-state index in [-0.39, 0.29) is 5.91 Å². The van der Waals surface area contributed by atoms with Crippen molar-refractivity contribution in [2.75, 3.05) is 23.9 Å². The molecule has 0 aliphatic heterocycles. The lowest BCUT2D eigenvalue weighted by atomic mass is 10.1. The summed E-state index contributed by atoms with van der Waals surface area (Å²) in [5, 5.41) is 9.17. The van der Waals surface area contributed by atoms with Crippen molar-refractivity contribution in [1.82, 2.24) is 15.3 Å². The van der Waals surface area contributed by atoms with E-state index in [9.17, 15) is 4.79 Å². The standard InChI is InChI=1S/C20H21N5OS/c1-13-12-22-20(24-16-10-6-7-11-17(16)27-3)25-18(13)23-15-9-5-4-8-14(15)19(26)21-2/h4-12H,1-3H3,(H,21,26)(H2,22,23,24,25). The van der Waals surface area contributed by atoms with Crippen molar-refractivity contribution in [2.45, 2.75) is 11.8 Å². The van der Waals surface area contributed by atoms with Gasteiger partial charge in [-0.05, 0) is 37.4 Å². The zero-order valence-corrected chi connectivity index (χ0v) is 16.2. The van der Waals surface area contributed by atoms with E-state index in [0.717, 1.165) is 16.1 Å². The van der Waals surface area contributed by atoms with Crippen LogP contribution in [0.3, 0.4) is 0 Å². The van der Waals surface area contributed by atoms with Crippen LogP contribution in [0.25, 0.3) is 0 Å². The predicted octanol–water partition coefficient (Wildman–Crippen LogP) is 4.35. The van der Waals surface area contributed by atoms with Crippen LogP contribution in [0.2, 0.25) is 0 Å². The number of carbonyl (C=O) groups is 1. The Labute approximate surface area is 162 Å². The van der Waals surface area contributed by atoms with Crippen molar-refractivity contribution in [1.29, 1.82) is 0 Å². The second-order valence-electron chi connectivity index (χ2n) is 5.80. The second kappa shape index (κ2) is 8.55. The molecule has 0 aliphatic carbocycles. The van der Waals surface area contributed by atoms with Gasteiger partial charge in [0.1, 0.15) is 5.82 Å². The van der Waals surface area contributed by atoms with Gasteiger partial charge in [-0.3, -0.25) is 4.79 Å². The number of nitrogens with one attached hydrogen (secondary N) is 3. The molecule has 1 amide bonds. The number of hydrogen-bond acceptors (Lipinski definition) is 6. The van der Waals surface area contributed by atoms with Crippen molar-refractivity contribution >= 4 is 40.8 Å². The van der Waals surface area contributed by atoms with Gasteiger partial charge >= 0.3 is 0 Å². The number of thioether (sulfide) groups is 1. The van der Waals surface area contributed by atoms with Crippen molar-refractivity contribution in [3.05, 3.63) is 65.9 Å². The molecule has 0 aliphatic rings. The lowest BCUT2D eigenvalue weighted by molar-refractivity contribution is 0.0964. The number of aromatic nitrogens is 2. The van der Waals surface area contributed by atoms with Crippen molar-refractivity contribution < 1.29 is 4.79 Å². The van der Waals surface area contributed by atoms with Gasteiger partial charge in [-0.1, -0.05) is 24.3 Å². The predicted molar refractivity (Wildman–Crippen MR) is 111 cm³/mol. The van der Waals surface area contributed by atoms with E-state index in [4.69, 9.17) is 0 Å². The fourth-order valence-electron chi connectivity index (χ4n) is 2.55. The third-order valence-electron chi connectivity index (χ3n) is 3.98. The number of benzene rings is 2. The minimum Gasteiger partial charge on any atom is -0.355 e. The van der Waals surface area contributed by atoms with E-state index in [0.29, 0.717) is 23.0 Å². The van der Waals surface area contributed by atoms with Crippen LogP contribution in [0.5, 0.6) is 0 Å². The maximum atomic E-state index is 12.1. The Balaban J connectivity index is 1.90. The average molecular weight is 379 g/mol. The molecule has 3 aromatic rings. The smallest absolute Gasteiger partial charge is 0.253 e. The number of para-hydroxylation sites is 2. The average Bonchev–Trinajstić information content (AvgIpc) is 2.70. The van der Waals surface area contributed by atoms with Crippen molar-refractivity contribution in [3.63, 3.8) is 0 Å². The highest BCUT2D eigenvalue weighted by Crippen LogP contribution is 2.28. The molecule has 0 atom stereocenters. The van der Waals surface area contributed by atoms with Crippen LogP contribution >= 0.6 is 11.8 Å². The van der Waals surface area contributed by atoms with E-state index < -0.39 is 0 Å². The first-order valence-electron chi connectivity index (χ1n) is 8.44. The van der Waals surface area contributed by atoms with Gasteiger partial charge in [-0.2, -0.15) is 4.98 Å². The van der Waals surface area contributed by atoms with Gasteiger partial charge in [-0.15, -0.1) is 11.8 Å². The topological polar surface area (TPSA) is 78.9 Å². The van der Waals surface area contributed by atoms with Crippen LogP contribution in [0, 0.1) is 6.92 Å². The summed E-state index contributed by atoms with van der Waals surface area (Å²) in [7, 11) is 1.61. The lowest BCUT2D eigenvalue weighted by Crippen LogP contribution is -2.19. The molecule has 27 heavy (non-hydrogen) atoms.